The summed E-state index contributed by atoms with van der Waals surface area (Å²) in [6, 6.07) is 14.2. The van der Waals surface area contributed by atoms with Gasteiger partial charge in [-0.3, -0.25) is 15.1 Å². The average molecular weight is 444 g/mol. The standard InChI is InChI=1S/C23H17F5N4/c1-22(2,19-7-3-5-16(29-19)14-10-9-13(24)11-15(14)25)20-8-4-6-17(30-20)18-12-21(32-31-18)23(26,27)28/h3-12H,1-2H3,(H,31,32). The fourth-order valence-corrected chi connectivity index (χ4v) is 3.29. The zero-order chi connectivity index (χ0) is 23.1. The lowest BCUT2D eigenvalue weighted by molar-refractivity contribution is -0.141. The van der Waals surface area contributed by atoms with E-state index in [-0.39, 0.29) is 11.3 Å². The monoisotopic (exact) mass is 444 g/mol. The van der Waals surface area contributed by atoms with Crippen LogP contribution in [0.5, 0.6) is 0 Å². The van der Waals surface area contributed by atoms with Crippen LogP contribution in [0.1, 0.15) is 30.9 Å². The second-order valence-electron chi connectivity index (χ2n) is 7.73. The number of pyridine rings is 2. The molecule has 3 aromatic heterocycles. The van der Waals surface area contributed by atoms with E-state index in [0.29, 0.717) is 22.8 Å². The van der Waals surface area contributed by atoms with Gasteiger partial charge in [0.15, 0.2) is 5.69 Å². The summed E-state index contributed by atoms with van der Waals surface area (Å²) in [5.41, 5.74) is 0.205. The molecule has 0 radical (unpaired) electrons. The first-order valence-electron chi connectivity index (χ1n) is 9.59. The van der Waals surface area contributed by atoms with Gasteiger partial charge in [0.2, 0.25) is 0 Å². The SMILES string of the molecule is CC(C)(c1cccc(-c2cc(C(F)(F)F)n[nH]2)n1)c1cccc(-c2ccc(F)cc2F)n1. The van der Waals surface area contributed by atoms with Crippen LogP contribution < -0.4 is 0 Å². The van der Waals surface area contributed by atoms with Gasteiger partial charge in [-0.25, -0.2) is 8.78 Å². The Labute approximate surface area is 180 Å². The molecule has 0 unspecified atom stereocenters. The normalized spacial score (nSPS) is 12.2. The van der Waals surface area contributed by atoms with E-state index in [1.54, 1.807) is 36.4 Å². The quantitative estimate of drug-likeness (QED) is 0.384. The molecule has 3 heterocycles. The van der Waals surface area contributed by atoms with E-state index in [1.807, 2.05) is 13.8 Å². The van der Waals surface area contributed by atoms with Crippen LogP contribution in [0.2, 0.25) is 0 Å². The zero-order valence-electron chi connectivity index (χ0n) is 17.0. The minimum Gasteiger partial charge on any atom is -0.276 e. The van der Waals surface area contributed by atoms with Crippen LogP contribution in [0, 0.1) is 11.6 Å². The van der Waals surface area contributed by atoms with Crippen molar-refractivity contribution >= 4 is 0 Å². The van der Waals surface area contributed by atoms with Gasteiger partial charge in [0, 0.05) is 17.0 Å². The van der Waals surface area contributed by atoms with Crippen molar-refractivity contribution < 1.29 is 22.0 Å². The van der Waals surface area contributed by atoms with Crippen LogP contribution in [-0.4, -0.2) is 20.2 Å². The van der Waals surface area contributed by atoms with Gasteiger partial charge in [0.25, 0.3) is 0 Å². The average Bonchev–Trinajstić information content (AvgIpc) is 3.25. The molecule has 1 aromatic carbocycles. The lowest BCUT2D eigenvalue weighted by Gasteiger charge is -2.24. The molecule has 0 fully saturated rings. The molecule has 0 amide bonds. The van der Waals surface area contributed by atoms with Crippen molar-refractivity contribution in [2.75, 3.05) is 0 Å². The lowest BCUT2D eigenvalue weighted by Crippen LogP contribution is -2.22. The number of aromatic amines is 1. The lowest BCUT2D eigenvalue weighted by atomic mass is 9.84. The summed E-state index contributed by atoms with van der Waals surface area (Å²) >= 11 is 0. The predicted molar refractivity (Wildman–Crippen MR) is 109 cm³/mol. The van der Waals surface area contributed by atoms with E-state index < -0.39 is 28.9 Å². The fraction of sp³-hybridized carbons (Fsp3) is 0.174. The molecular formula is C23H17F5N4. The maximum Gasteiger partial charge on any atom is 0.435 e. The van der Waals surface area contributed by atoms with Crippen molar-refractivity contribution in [1.82, 2.24) is 20.2 Å². The number of nitrogens with one attached hydrogen (secondary N) is 1. The molecule has 164 valence electrons. The van der Waals surface area contributed by atoms with E-state index in [2.05, 4.69) is 20.2 Å². The summed E-state index contributed by atoms with van der Waals surface area (Å²) < 4.78 is 66.1. The van der Waals surface area contributed by atoms with Crippen molar-refractivity contribution in [3.05, 3.63) is 89.4 Å². The summed E-state index contributed by atoms with van der Waals surface area (Å²) in [6.07, 6.45) is -4.56. The van der Waals surface area contributed by atoms with Crippen molar-refractivity contribution in [2.45, 2.75) is 25.4 Å². The number of benzene rings is 1. The fourth-order valence-electron chi connectivity index (χ4n) is 3.29. The van der Waals surface area contributed by atoms with Gasteiger partial charge in [-0.15, -0.1) is 0 Å². The Kier molecular flexibility index (Phi) is 5.28. The van der Waals surface area contributed by atoms with Crippen LogP contribution in [0.15, 0.2) is 60.7 Å². The molecule has 0 aliphatic heterocycles. The predicted octanol–water partition coefficient (Wildman–Crippen LogP) is 6.16. The molecule has 1 N–H and O–H groups in total. The van der Waals surface area contributed by atoms with Gasteiger partial charge in [-0.2, -0.15) is 18.3 Å². The van der Waals surface area contributed by atoms with E-state index in [4.69, 9.17) is 0 Å². The smallest absolute Gasteiger partial charge is 0.276 e. The molecule has 0 aliphatic carbocycles. The Morgan fingerprint density at radius 3 is 1.97 bits per heavy atom. The third kappa shape index (κ3) is 4.10. The molecule has 32 heavy (non-hydrogen) atoms. The Morgan fingerprint density at radius 1 is 0.750 bits per heavy atom. The number of hydrogen-bond donors (Lipinski definition) is 1. The maximum absolute atomic E-state index is 14.2. The van der Waals surface area contributed by atoms with Crippen LogP contribution in [-0.2, 0) is 11.6 Å². The van der Waals surface area contributed by atoms with Gasteiger partial charge >= 0.3 is 6.18 Å². The number of aromatic nitrogens is 4. The topological polar surface area (TPSA) is 54.5 Å². The molecule has 0 bridgehead atoms. The summed E-state index contributed by atoms with van der Waals surface area (Å²) in [6.45, 7) is 3.70. The number of alkyl halides is 3. The van der Waals surface area contributed by atoms with Crippen molar-refractivity contribution in [1.29, 1.82) is 0 Å². The van der Waals surface area contributed by atoms with Crippen LogP contribution in [0.3, 0.4) is 0 Å². The molecule has 0 saturated carbocycles. The molecule has 0 saturated heterocycles. The van der Waals surface area contributed by atoms with E-state index >= 15 is 0 Å². The summed E-state index contributed by atoms with van der Waals surface area (Å²) in [7, 11) is 0. The van der Waals surface area contributed by atoms with Gasteiger partial charge in [0.1, 0.15) is 11.6 Å². The first kappa shape index (κ1) is 21.6. The third-order valence-corrected chi connectivity index (χ3v) is 5.13. The van der Waals surface area contributed by atoms with Gasteiger partial charge in [-0.1, -0.05) is 12.1 Å². The molecular weight excluding hydrogens is 427 g/mol. The first-order valence-corrected chi connectivity index (χ1v) is 9.59. The maximum atomic E-state index is 14.2. The number of H-pyrrole nitrogens is 1. The highest BCUT2D eigenvalue weighted by molar-refractivity contribution is 5.60. The second kappa shape index (κ2) is 7.81. The van der Waals surface area contributed by atoms with Crippen LogP contribution in [0.25, 0.3) is 22.6 Å². The Hall–Kier alpha value is -3.62. The number of nitrogens with zero attached hydrogens (tertiary/aromatic N) is 3. The Morgan fingerprint density at radius 2 is 1.38 bits per heavy atom. The molecule has 9 heteroatoms. The van der Waals surface area contributed by atoms with Crippen LogP contribution in [0.4, 0.5) is 22.0 Å². The van der Waals surface area contributed by atoms with Gasteiger partial charge in [0.05, 0.1) is 28.5 Å². The number of halogens is 5. The minimum atomic E-state index is -4.56. The number of rotatable bonds is 4. The van der Waals surface area contributed by atoms with Crippen LogP contribution >= 0.6 is 0 Å². The van der Waals surface area contributed by atoms with Crippen molar-refractivity contribution in [3.63, 3.8) is 0 Å². The third-order valence-electron chi connectivity index (χ3n) is 5.13. The minimum absolute atomic E-state index is 0.130. The van der Waals surface area contributed by atoms with Gasteiger partial charge < -0.3 is 0 Å². The molecule has 0 spiro atoms. The van der Waals surface area contributed by atoms with E-state index in [1.165, 1.54) is 6.07 Å². The Balaban J connectivity index is 1.71. The number of hydrogen-bond acceptors (Lipinski definition) is 3. The molecule has 0 atom stereocenters. The highest BCUT2D eigenvalue weighted by Crippen LogP contribution is 2.33. The largest absolute Gasteiger partial charge is 0.435 e. The second-order valence-corrected chi connectivity index (χ2v) is 7.73. The van der Waals surface area contributed by atoms with Gasteiger partial charge in [-0.05, 0) is 56.3 Å². The van der Waals surface area contributed by atoms with E-state index in [9.17, 15) is 22.0 Å². The summed E-state index contributed by atoms with van der Waals surface area (Å²) in [5.74, 6) is -1.41. The Bertz CT molecular complexity index is 1280. The van der Waals surface area contributed by atoms with Crippen molar-refractivity contribution in [3.8, 4) is 22.6 Å². The highest BCUT2D eigenvalue weighted by atomic mass is 19.4. The zero-order valence-corrected chi connectivity index (χ0v) is 17.0. The summed E-state index contributed by atoms with van der Waals surface area (Å²) in [4.78, 5) is 9.06. The first-order chi connectivity index (χ1) is 15.1. The van der Waals surface area contributed by atoms with Crippen molar-refractivity contribution in [2.24, 2.45) is 0 Å². The summed E-state index contributed by atoms with van der Waals surface area (Å²) in [5, 5.41) is 5.68. The molecule has 0 aliphatic rings. The highest BCUT2D eigenvalue weighted by Gasteiger charge is 2.34. The molecule has 4 rings (SSSR count). The van der Waals surface area contributed by atoms with E-state index in [0.717, 1.165) is 18.2 Å². The molecule has 4 nitrogen and oxygen atoms in total. The molecule has 4 aromatic rings.